The molecule has 0 aromatic heterocycles. The predicted molar refractivity (Wildman–Crippen MR) is 77.1 cm³/mol. The van der Waals surface area contributed by atoms with Crippen LogP contribution in [0.4, 0.5) is 0 Å². The molecular formula is C15H30S. The molecule has 0 bridgehead atoms. The van der Waals surface area contributed by atoms with Gasteiger partial charge in [-0.15, -0.1) is 0 Å². The van der Waals surface area contributed by atoms with Gasteiger partial charge in [-0.05, 0) is 36.0 Å². The molecule has 1 heteroatoms. The van der Waals surface area contributed by atoms with Crippen LogP contribution in [-0.4, -0.2) is 4.75 Å². The Bertz CT molecular complexity index is 232. The Hall–Kier alpha value is 0.350. The van der Waals surface area contributed by atoms with Crippen molar-refractivity contribution in [2.24, 2.45) is 23.2 Å². The first kappa shape index (κ1) is 14.4. The van der Waals surface area contributed by atoms with Crippen molar-refractivity contribution in [1.29, 1.82) is 0 Å². The molecule has 1 rings (SSSR count). The molecule has 16 heavy (non-hydrogen) atoms. The molecule has 0 heterocycles. The average Bonchev–Trinajstić information content (AvgIpc) is 2.16. The Morgan fingerprint density at radius 3 is 2.00 bits per heavy atom. The van der Waals surface area contributed by atoms with Gasteiger partial charge in [-0.3, -0.25) is 0 Å². The molecule has 0 saturated heterocycles. The number of hydrogen-bond acceptors (Lipinski definition) is 1. The van der Waals surface area contributed by atoms with Crippen molar-refractivity contribution < 1.29 is 0 Å². The molecule has 0 spiro atoms. The van der Waals surface area contributed by atoms with Gasteiger partial charge in [0.2, 0.25) is 0 Å². The van der Waals surface area contributed by atoms with Gasteiger partial charge in [-0.25, -0.2) is 0 Å². The summed E-state index contributed by atoms with van der Waals surface area (Å²) in [6.07, 6.45) is 5.26. The zero-order chi connectivity index (χ0) is 12.6. The highest BCUT2D eigenvalue weighted by Gasteiger charge is 2.48. The first-order valence-corrected chi connectivity index (χ1v) is 7.45. The largest absolute Gasteiger partial charge is 0.172 e. The third-order valence-corrected chi connectivity index (χ3v) is 5.95. The quantitative estimate of drug-likeness (QED) is 0.647. The van der Waals surface area contributed by atoms with E-state index in [0.29, 0.717) is 5.41 Å². The lowest BCUT2D eigenvalue weighted by molar-refractivity contribution is 0.0113. The van der Waals surface area contributed by atoms with Crippen LogP contribution in [0.25, 0.3) is 0 Å². The molecule has 0 radical (unpaired) electrons. The minimum atomic E-state index is 0.236. The Morgan fingerprint density at radius 1 is 1.12 bits per heavy atom. The van der Waals surface area contributed by atoms with Crippen molar-refractivity contribution in [1.82, 2.24) is 0 Å². The number of rotatable bonds is 3. The fraction of sp³-hybridized carbons (Fsp3) is 1.00. The van der Waals surface area contributed by atoms with Crippen LogP contribution in [0.1, 0.15) is 67.2 Å². The molecule has 1 fully saturated rings. The summed E-state index contributed by atoms with van der Waals surface area (Å²) in [4.78, 5) is 0. The van der Waals surface area contributed by atoms with Crippen LogP contribution in [0.3, 0.4) is 0 Å². The summed E-state index contributed by atoms with van der Waals surface area (Å²) in [5.74, 6) is 2.45. The van der Waals surface area contributed by atoms with E-state index in [-0.39, 0.29) is 4.75 Å². The molecule has 4 atom stereocenters. The minimum Gasteiger partial charge on any atom is -0.172 e. The molecule has 1 aliphatic carbocycles. The zero-order valence-corrected chi connectivity index (χ0v) is 12.9. The molecule has 1 saturated carbocycles. The molecule has 0 aromatic rings. The van der Waals surface area contributed by atoms with Crippen molar-refractivity contribution in [2.45, 2.75) is 72.0 Å². The van der Waals surface area contributed by atoms with Crippen LogP contribution in [-0.2, 0) is 0 Å². The van der Waals surface area contributed by atoms with E-state index in [4.69, 9.17) is 12.6 Å². The highest BCUT2D eigenvalue weighted by molar-refractivity contribution is 7.81. The predicted octanol–water partition coefficient (Wildman–Crippen LogP) is 5.18. The van der Waals surface area contributed by atoms with Crippen molar-refractivity contribution in [3.05, 3.63) is 0 Å². The van der Waals surface area contributed by atoms with Gasteiger partial charge in [0, 0.05) is 4.75 Å². The van der Waals surface area contributed by atoms with Crippen LogP contribution in [0.15, 0.2) is 0 Å². The van der Waals surface area contributed by atoms with Gasteiger partial charge in [-0.1, -0.05) is 54.4 Å². The van der Waals surface area contributed by atoms with Crippen molar-refractivity contribution in [3.63, 3.8) is 0 Å². The molecule has 4 unspecified atom stereocenters. The summed E-state index contributed by atoms with van der Waals surface area (Å²) in [5, 5.41) is 0. The van der Waals surface area contributed by atoms with Crippen LogP contribution in [0.5, 0.6) is 0 Å². The maximum Gasteiger partial charge on any atom is 0.0135 e. The second kappa shape index (κ2) is 4.92. The summed E-state index contributed by atoms with van der Waals surface area (Å²) < 4.78 is 0.236. The Balaban J connectivity index is 2.96. The Kier molecular flexibility index (Phi) is 4.43. The van der Waals surface area contributed by atoms with Gasteiger partial charge in [-0.2, -0.15) is 12.6 Å². The highest BCUT2D eigenvalue weighted by Crippen LogP contribution is 2.55. The van der Waals surface area contributed by atoms with E-state index in [1.54, 1.807) is 0 Å². The van der Waals surface area contributed by atoms with E-state index in [9.17, 15) is 0 Å². The summed E-state index contributed by atoms with van der Waals surface area (Å²) >= 11 is 4.98. The van der Waals surface area contributed by atoms with E-state index in [2.05, 4.69) is 41.5 Å². The fourth-order valence-electron chi connectivity index (χ4n) is 3.84. The Morgan fingerprint density at radius 2 is 1.62 bits per heavy atom. The summed E-state index contributed by atoms with van der Waals surface area (Å²) in [5.41, 5.74) is 0.483. The lowest BCUT2D eigenvalue weighted by Crippen LogP contribution is -2.48. The van der Waals surface area contributed by atoms with Crippen LogP contribution < -0.4 is 0 Å². The van der Waals surface area contributed by atoms with Crippen molar-refractivity contribution in [2.75, 3.05) is 0 Å². The van der Waals surface area contributed by atoms with E-state index in [0.717, 1.165) is 17.8 Å². The lowest BCUT2D eigenvalue weighted by Gasteiger charge is -2.54. The van der Waals surface area contributed by atoms with Gasteiger partial charge < -0.3 is 0 Å². The zero-order valence-electron chi connectivity index (χ0n) is 12.0. The van der Waals surface area contributed by atoms with Gasteiger partial charge in [0.05, 0.1) is 0 Å². The van der Waals surface area contributed by atoms with Gasteiger partial charge in [0.1, 0.15) is 0 Å². The highest BCUT2D eigenvalue weighted by atomic mass is 32.1. The lowest BCUT2D eigenvalue weighted by atomic mass is 9.55. The van der Waals surface area contributed by atoms with E-state index < -0.39 is 0 Å². The van der Waals surface area contributed by atoms with Crippen molar-refractivity contribution >= 4 is 12.6 Å². The van der Waals surface area contributed by atoms with E-state index in [1.165, 1.54) is 25.7 Å². The maximum atomic E-state index is 4.98. The summed E-state index contributed by atoms with van der Waals surface area (Å²) in [7, 11) is 0. The van der Waals surface area contributed by atoms with E-state index in [1.807, 2.05) is 0 Å². The summed E-state index contributed by atoms with van der Waals surface area (Å²) in [6, 6.07) is 0. The standard InChI is InChI=1S/C15H30S/c1-7-12-9-13(8-2)15(6,16)10-14(12,5)11(3)4/h11-13,16H,7-10H2,1-6H3. The smallest absolute Gasteiger partial charge is 0.0135 e. The summed E-state index contributed by atoms with van der Waals surface area (Å²) in [6.45, 7) is 14.3. The molecule has 1 aliphatic rings. The van der Waals surface area contributed by atoms with Gasteiger partial charge >= 0.3 is 0 Å². The second-order valence-corrected chi connectivity index (χ2v) is 7.66. The van der Waals surface area contributed by atoms with Crippen LogP contribution in [0.2, 0.25) is 0 Å². The molecule has 96 valence electrons. The third-order valence-electron chi connectivity index (χ3n) is 5.42. The monoisotopic (exact) mass is 242 g/mol. The molecule has 0 aliphatic heterocycles. The second-order valence-electron chi connectivity index (χ2n) is 6.64. The molecule has 0 aromatic carbocycles. The minimum absolute atomic E-state index is 0.236. The Labute approximate surface area is 108 Å². The fourth-order valence-corrected chi connectivity index (χ4v) is 4.47. The third kappa shape index (κ3) is 2.44. The van der Waals surface area contributed by atoms with Gasteiger partial charge in [0.25, 0.3) is 0 Å². The van der Waals surface area contributed by atoms with Crippen LogP contribution in [0, 0.1) is 23.2 Å². The van der Waals surface area contributed by atoms with Crippen LogP contribution >= 0.6 is 12.6 Å². The van der Waals surface area contributed by atoms with E-state index >= 15 is 0 Å². The molecular weight excluding hydrogens is 212 g/mol. The first-order chi connectivity index (χ1) is 7.28. The van der Waals surface area contributed by atoms with Crippen molar-refractivity contribution in [3.8, 4) is 0 Å². The molecule has 0 amide bonds. The SMILES string of the molecule is CCC1CC(CC)C(C)(C(C)C)CC1(C)S. The molecule has 0 N–H and O–H groups in total. The first-order valence-electron chi connectivity index (χ1n) is 7.00. The molecule has 0 nitrogen and oxygen atoms in total. The number of hydrogen-bond donors (Lipinski definition) is 1. The maximum absolute atomic E-state index is 4.98. The normalized spacial score (nSPS) is 45.0. The topological polar surface area (TPSA) is 0 Å². The van der Waals surface area contributed by atoms with Gasteiger partial charge in [0.15, 0.2) is 0 Å². The number of thiol groups is 1. The average molecular weight is 242 g/mol.